The highest BCUT2D eigenvalue weighted by Gasteiger charge is 2.00. The largest absolute Gasteiger partial charge is 0.365 e. The molecule has 0 saturated carbocycles. The Kier molecular flexibility index (Phi) is 3.68. The molecule has 0 aliphatic rings. The number of rotatable bonds is 4. The molecule has 0 fully saturated rings. The lowest BCUT2D eigenvalue weighted by atomic mass is 10.1. The van der Waals surface area contributed by atoms with E-state index in [1.165, 1.54) is 11.6 Å². The topological polar surface area (TPSA) is 29.5 Å². The van der Waals surface area contributed by atoms with Gasteiger partial charge in [-0.1, -0.05) is 30.8 Å². The first-order valence-electron chi connectivity index (χ1n) is 4.21. The average Bonchev–Trinajstić information content (AvgIpc) is 2.16. The van der Waals surface area contributed by atoms with Crippen LogP contribution in [0.2, 0.25) is 0 Å². The Balaban J connectivity index is 2.54. The maximum Gasteiger partial charge on any atom is 0.174 e. The molecule has 1 aromatic rings. The predicted octanol–water partition coefficient (Wildman–Crippen LogP) is 2.02. The van der Waals surface area contributed by atoms with E-state index >= 15 is 0 Å². The van der Waals surface area contributed by atoms with Crippen LogP contribution in [-0.4, -0.2) is 11.4 Å². The predicted molar refractivity (Wildman–Crippen MR) is 52.2 cm³/mol. The Morgan fingerprint density at radius 2 is 2.23 bits per heavy atom. The molecule has 0 saturated heterocycles. The zero-order valence-corrected chi connectivity index (χ0v) is 7.73. The molecule has 0 aliphatic heterocycles. The maximum absolute atomic E-state index is 9.07. The van der Waals surface area contributed by atoms with Gasteiger partial charge < -0.3 is 9.84 Å². The Bertz CT molecular complexity index is 281. The molecular formula is C11H14O2. The lowest BCUT2D eigenvalue weighted by Crippen LogP contribution is -2.08. The van der Waals surface area contributed by atoms with Crippen LogP contribution in [0.4, 0.5) is 0 Å². The second-order valence-corrected chi connectivity index (χ2v) is 2.86. The third-order valence-corrected chi connectivity index (χ3v) is 1.87. The third-order valence-electron chi connectivity index (χ3n) is 1.87. The zero-order valence-electron chi connectivity index (χ0n) is 7.73. The lowest BCUT2D eigenvalue weighted by molar-refractivity contribution is -0.0731. The van der Waals surface area contributed by atoms with Gasteiger partial charge in [-0.15, -0.1) is 0 Å². The van der Waals surface area contributed by atoms with Crippen molar-refractivity contribution in [2.24, 2.45) is 0 Å². The highest BCUT2D eigenvalue weighted by Crippen LogP contribution is 2.08. The van der Waals surface area contributed by atoms with Gasteiger partial charge in [-0.3, -0.25) is 0 Å². The fraction of sp³-hybridized carbons (Fsp3) is 0.273. The molecule has 1 aromatic carbocycles. The van der Waals surface area contributed by atoms with Crippen LogP contribution in [0.5, 0.6) is 0 Å². The molecule has 0 radical (unpaired) electrons. The normalized spacial score (nSPS) is 12.5. The molecule has 0 aliphatic carbocycles. The van der Waals surface area contributed by atoms with Crippen LogP contribution in [0.1, 0.15) is 11.1 Å². The summed E-state index contributed by atoms with van der Waals surface area (Å²) in [6, 6.07) is 7.92. The van der Waals surface area contributed by atoms with Crippen LogP contribution in [0, 0.1) is 6.92 Å². The van der Waals surface area contributed by atoms with E-state index in [1.54, 1.807) is 0 Å². The minimum atomic E-state index is -0.875. The first-order valence-corrected chi connectivity index (χ1v) is 4.21. The number of aliphatic hydroxyl groups is 1. The molecule has 0 heterocycles. The zero-order chi connectivity index (χ0) is 9.68. The van der Waals surface area contributed by atoms with Crippen LogP contribution >= 0.6 is 0 Å². The molecule has 2 nitrogen and oxygen atoms in total. The molecule has 2 heteroatoms. The molecule has 0 aromatic heterocycles. The summed E-state index contributed by atoms with van der Waals surface area (Å²) in [7, 11) is 0. The van der Waals surface area contributed by atoms with Gasteiger partial charge >= 0.3 is 0 Å². The number of ether oxygens (including phenoxy) is 1. The second kappa shape index (κ2) is 4.80. The molecule has 0 amide bonds. The summed E-state index contributed by atoms with van der Waals surface area (Å²) in [5.41, 5.74) is 2.25. The van der Waals surface area contributed by atoms with E-state index in [0.29, 0.717) is 6.61 Å². The van der Waals surface area contributed by atoms with Crippen molar-refractivity contribution in [2.75, 3.05) is 0 Å². The third kappa shape index (κ3) is 3.01. The average molecular weight is 178 g/mol. The van der Waals surface area contributed by atoms with Crippen molar-refractivity contribution in [1.82, 2.24) is 0 Å². The monoisotopic (exact) mass is 178 g/mol. The standard InChI is InChI=1S/C11H14O2/c1-3-11(12)13-8-10-7-5-4-6-9(10)2/h3-7,11-12H,1,8H2,2H3. The van der Waals surface area contributed by atoms with Gasteiger partial charge in [0.15, 0.2) is 6.29 Å². The Hall–Kier alpha value is -1.12. The molecule has 13 heavy (non-hydrogen) atoms. The summed E-state index contributed by atoms with van der Waals surface area (Å²) >= 11 is 0. The molecule has 1 N–H and O–H groups in total. The Labute approximate surface area is 78.5 Å². The van der Waals surface area contributed by atoms with E-state index in [-0.39, 0.29) is 0 Å². The Morgan fingerprint density at radius 1 is 1.54 bits per heavy atom. The summed E-state index contributed by atoms with van der Waals surface area (Å²) in [5.74, 6) is 0. The van der Waals surface area contributed by atoms with Crippen LogP contribution in [0.15, 0.2) is 36.9 Å². The van der Waals surface area contributed by atoms with Gasteiger partial charge in [0.25, 0.3) is 0 Å². The SMILES string of the molecule is C=CC(O)OCc1ccccc1C. The van der Waals surface area contributed by atoms with Crippen molar-refractivity contribution >= 4 is 0 Å². The second-order valence-electron chi connectivity index (χ2n) is 2.86. The molecule has 1 unspecified atom stereocenters. The van der Waals surface area contributed by atoms with Crippen LogP contribution in [0.3, 0.4) is 0 Å². The van der Waals surface area contributed by atoms with E-state index in [1.807, 2.05) is 31.2 Å². The van der Waals surface area contributed by atoms with Gasteiger partial charge in [0, 0.05) is 0 Å². The maximum atomic E-state index is 9.07. The van der Waals surface area contributed by atoms with E-state index < -0.39 is 6.29 Å². The number of aliphatic hydroxyl groups excluding tert-OH is 1. The van der Waals surface area contributed by atoms with Crippen molar-refractivity contribution in [2.45, 2.75) is 19.8 Å². The first kappa shape index (κ1) is 9.96. The highest BCUT2D eigenvalue weighted by molar-refractivity contribution is 5.24. The Morgan fingerprint density at radius 3 is 2.85 bits per heavy atom. The van der Waals surface area contributed by atoms with Crippen LogP contribution in [-0.2, 0) is 11.3 Å². The van der Waals surface area contributed by atoms with Crippen LogP contribution in [0.25, 0.3) is 0 Å². The van der Waals surface area contributed by atoms with E-state index in [9.17, 15) is 0 Å². The number of aryl methyl sites for hydroxylation is 1. The van der Waals surface area contributed by atoms with Crippen molar-refractivity contribution in [1.29, 1.82) is 0 Å². The van der Waals surface area contributed by atoms with Gasteiger partial charge in [0.2, 0.25) is 0 Å². The minimum Gasteiger partial charge on any atom is -0.365 e. The summed E-state index contributed by atoms with van der Waals surface area (Å²) in [5, 5.41) is 9.07. The van der Waals surface area contributed by atoms with Crippen molar-refractivity contribution in [3.63, 3.8) is 0 Å². The fourth-order valence-corrected chi connectivity index (χ4v) is 1.02. The van der Waals surface area contributed by atoms with Crippen molar-refractivity contribution in [3.05, 3.63) is 48.0 Å². The lowest BCUT2D eigenvalue weighted by Gasteiger charge is -2.09. The van der Waals surface area contributed by atoms with E-state index in [4.69, 9.17) is 9.84 Å². The molecule has 1 rings (SSSR count). The quantitative estimate of drug-likeness (QED) is 0.564. The van der Waals surface area contributed by atoms with Gasteiger partial charge in [-0.2, -0.15) is 0 Å². The fourth-order valence-electron chi connectivity index (χ4n) is 1.02. The molecule has 0 bridgehead atoms. The number of hydrogen-bond acceptors (Lipinski definition) is 2. The molecule has 0 spiro atoms. The molecule has 1 atom stereocenters. The van der Waals surface area contributed by atoms with Crippen molar-refractivity contribution < 1.29 is 9.84 Å². The van der Waals surface area contributed by atoms with Crippen molar-refractivity contribution in [3.8, 4) is 0 Å². The molecule has 70 valence electrons. The molecular weight excluding hydrogens is 164 g/mol. The van der Waals surface area contributed by atoms with Crippen LogP contribution < -0.4 is 0 Å². The summed E-state index contributed by atoms with van der Waals surface area (Å²) in [6.07, 6.45) is 0.484. The van der Waals surface area contributed by atoms with Gasteiger partial charge in [0.05, 0.1) is 6.61 Å². The van der Waals surface area contributed by atoms with E-state index in [0.717, 1.165) is 5.56 Å². The summed E-state index contributed by atoms with van der Waals surface area (Å²) < 4.78 is 5.10. The first-order chi connectivity index (χ1) is 6.24. The van der Waals surface area contributed by atoms with Gasteiger partial charge in [0.1, 0.15) is 0 Å². The van der Waals surface area contributed by atoms with Gasteiger partial charge in [-0.25, -0.2) is 0 Å². The minimum absolute atomic E-state index is 0.417. The number of hydrogen-bond donors (Lipinski definition) is 1. The highest BCUT2D eigenvalue weighted by atomic mass is 16.6. The smallest absolute Gasteiger partial charge is 0.174 e. The number of benzene rings is 1. The summed E-state index contributed by atoms with van der Waals surface area (Å²) in [6.45, 7) is 5.85. The van der Waals surface area contributed by atoms with Gasteiger partial charge in [-0.05, 0) is 24.1 Å². The summed E-state index contributed by atoms with van der Waals surface area (Å²) in [4.78, 5) is 0. The van der Waals surface area contributed by atoms with E-state index in [2.05, 4.69) is 6.58 Å².